The summed E-state index contributed by atoms with van der Waals surface area (Å²) in [6.07, 6.45) is 2.48. The first-order valence-corrected chi connectivity index (χ1v) is 6.43. The normalized spacial score (nSPS) is 15.0. The Morgan fingerprint density at radius 2 is 2.22 bits per heavy atom. The van der Waals surface area contributed by atoms with Crippen LogP contribution in [0.3, 0.4) is 0 Å². The van der Waals surface area contributed by atoms with Crippen LogP contribution in [0.4, 0.5) is 0 Å². The summed E-state index contributed by atoms with van der Waals surface area (Å²) in [6, 6.07) is 6.41. The molecule has 3 rings (SSSR count). The van der Waals surface area contributed by atoms with Crippen molar-refractivity contribution in [2.45, 2.75) is 32.4 Å². The lowest BCUT2D eigenvalue weighted by Crippen LogP contribution is -2.15. The SMILES string of the molecule is Cc1cccc(-c2nnc(CNC3CC3)o2)c1Cl. The van der Waals surface area contributed by atoms with Crippen LogP contribution >= 0.6 is 11.6 Å². The summed E-state index contributed by atoms with van der Waals surface area (Å²) in [5, 5.41) is 12.1. The van der Waals surface area contributed by atoms with E-state index in [4.69, 9.17) is 16.0 Å². The van der Waals surface area contributed by atoms with Crippen LogP contribution in [0, 0.1) is 6.92 Å². The molecule has 0 spiro atoms. The highest BCUT2D eigenvalue weighted by molar-refractivity contribution is 6.33. The van der Waals surface area contributed by atoms with Crippen LogP contribution in [0.15, 0.2) is 22.6 Å². The topological polar surface area (TPSA) is 51.0 Å². The van der Waals surface area contributed by atoms with E-state index in [0.29, 0.717) is 29.4 Å². The largest absolute Gasteiger partial charge is 0.419 e. The molecule has 1 saturated carbocycles. The number of aromatic nitrogens is 2. The van der Waals surface area contributed by atoms with Gasteiger partial charge in [0.05, 0.1) is 17.1 Å². The minimum atomic E-state index is 0.483. The van der Waals surface area contributed by atoms with E-state index in [9.17, 15) is 0 Å². The van der Waals surface area contributed by atoms with Crippen LogP contribution in [0.5, 0.6) is 0 Å². The van der Waals surface area contributed by atoms with Gasteiger partial charge in [-0.3, -0.25) is 0 Å². The molecule has 0 aliphatic heterocycles. The average Bonchev–Trinajstić information content (AvgIpc) is 3.08. The second-order valence-corrected chi connectivity index (χ2v) is 4.97. The zero-order valence-electron chi connectivity index (χ0n) is 10.1. The minimum Gasteiger partial charge on any atom is -0.419 e. The predicted octanol–water partition coefficient (Wildman–Crippen LogP) is 2.95. The quantitative estimate of drug-likeness (QED) is 0.921. The van der Waals surface area contributed by atoms with E-state index in [1.165, 1.54) is 12.8 Å². The van der Waals surface area contributed by atoms with Gasteiger partial charge in [0.2, 0.25) is 11.8 Å². The van der Waals surface area contributed by atoms with Crippen molar-refractivity contribution >= 4 is 11.6 Å². The molecule has 1 aliphatic carbocycles. The van der Waals surface area contributed by atoms with Gasteiger partial charge in [0.1, 0.15) is 0 Å². The molecule has 2 aromatic rings. The Kier molecular flexibility index (Phi) is 3.06. The van der Waals surface area contributed by atoms with Gasteiger partial charge in [-0.25, -0.2) is 0 Å². The number of hydrogen-bond acceptors (Lipinski definition) is 4. The van der Waals surface area contributed by atoms with Crippen molar-refractivity contribution in [1.29, 1.82) is 0 Å². The summed E-state index contributed by atoms with van der Waals surface area (Å²) < 4.78 is 5.61. The minimum absolute atomic E-state index is 0.483. The van der Waals surface area contributed by atoms with E-state index in [0.717, 1.165) is 11.1 Å². The van der Waals surface area contributed by atoms with Crippen molar-refractivity contribution in [3.05, 3.63) is 34.7 Å². The van der Waals surface area contributed by atoms with Gasteiger partial charge in [-0.15, -0.1) is 10.2 Å². The molecular weight excluding hydrogens is 250 g/mol. The predicted molar refractivity (Wildman–Crippen MR) is 69.3 cm³/mol. The van der Waals surface area contributed by atoms with Gasteiger partial charge in [0.25, 0.3) is 0 Å². The molecule has 94 valence electrons. The number of nitrogens with one attached hydrogen (secondary N) is 1. The maximum Gasteiger partial charge on any atom is 0.249 e. The van der Waals surface area contributed by atoms with E-state index in [2.05, 4.69) is 15.5 Å². The summed E-state index contributed by atoms with van der Waals surface area (Å²) >= 11 is 6.23. The molecule has 1 aliphatic rings. The molecule has 0 atom stereocenters. The fourth-order valence-corrected chi connectivity index (χ4v) is 1.97. The van der Waals surface area contributed by atoms with Crippen molar-refractivity contribution in [2.75, 3.05) is 0 Å². The lowest BCUT2D eigenvalue weighted by Gasteiger charge is -2.01. The number of rotatable bonds is 4. The third kappa shape index (κ3) is 2.40. The Morgan fingerprint density at radius 1 is 1.39 bits per heavy atom. The molecule has 1 aromatic heterocycles. The van der Waals surface area contributed by atoms with Gasteiger partial charge < -0.3 is 9.73 Å². The highest BCUT2D eigenvalue weighted by Gasteiger charge is 2.21. The van der Waals surface area contributed by atoms with Crippen molar-refractivity contribution in [1.82, 2.24) is 15.5 Å². The van der Waals surface area contributed by atoms with Crippen LogP contribution < -0.4 is 5.32 Å². The van der Waals surface area contributed by atoms with Crippen LogP contribution in [-0.2, 0) is 6.54 Å². The number of aryl methyl sites for hydroxylation is 1. The Balaban J connectivity index is 1.80. The fraction of sp³-hybridized carbons (Fsp3) is 0.385. The Hall–Kier alpha value is -1.39. The molecule has 0 radical (unpaired) electrons. The van der Waals surface area contributed by atoms with Gasteiger partial charge in [0.15, 0.2) is 0 Å². The van der Waals surface area contributed by atoms with Crippen LogP contribution in [-0.4, -0.2) is 16.2 Å². The monoisotopic (exact) mass is 263 g/mol. The first kappa shape index (κ1) is 11.7. The van der Waals surface area contributed by atoms with Gasteiger partial charge in [-0.1, -0.05) is 23.7 Å². The molecule has 18 heavy (non-hydrogen) atoms. The second kappa shape index (κ2) is 4.71. The van der Waals surface area contributed by atoms with Gasteiger partial charge in [-0.05, 0) is 31.4 Å². The summed E-state index contributed by atoms with van der Waals surface area (Å²) in [7, 11) is 0. The Labute approximate surface area is 110 Å². The molecule has 4 nitrogen and oxygen atoms in total. The summed E-state index contributed by atoms with van der Waals surface area (Å²) in [6.45, 7) is 2.58. The first-order chi connectivity index (χ1) is 8.74. The highest BCUT2D eigenvalue weighted by atomic mass is 35.5. The fourth-order valence-electron chi connectivity index (χ4n) is 1.77. The van der Waals surface area contributed by atoms with Crippen LogP contribution in [0.25, 0.3) is 11.5 Å². The summed E-state index contributed by atoms with van der Waals surface area (Å²) in [5.74, 6) is 1.09. The number of benzene rings is 1. The summed E-state index contributed by atoms with van der Waals surface area (Å²) in [4.78, 5) is 0. The smallest absolute Gasteiger partial charge is 0.249 e. The molecule has 0 saturated heterocycles. The summed E-state index contributed by atoms with van der Waals surface area (Å²) in [5.41, 5.74) is 1.80. The van der Waals surface area contributed by atoms with Gasteiger partial charge in [0, 0.05) is 6.04 Å². The average molecular weight is 264 g/mol. The number of nitrogens with zero attached hydrogens (tertiary/aromatic N) is 2. The molecule has 5 heteroatoms. The third-order valence-corrected chi connectivity index (χ3v) is 3.51. The van der Waals surface area contributed by atoms with Crippen molar-refractivity contribution in [3.63, 3.8) is 0 Å². The highest BCUT2D eigenvalue weighted by Crippen LogP contribution is 2.29. The zero-order valence-corrected chi connectivity index (χ0v) is 10.9. The molecule has 1 N–H and O–H groups in total. The van der Waals surface area contributed by atoms with E-state index < -0.39 is 0 Å². The molecule has 0 unspecified atom stereocenters. The van der Waals surface area contributed by atoms with Gasteiger partial charge >= 0.3 is 0 Å². The van der Waals surface area contributed by atoms with Crippen LogP contribution in [0.2, 0.25) is 5.02 Å². The Morgan fingerprint density at radius 3 is 3.00 bits per heavy atom. The maximum absolute atomic E-state index is 6.23. The molecule has 1 aromatic carbocycles. The third-order valence-electron chi connectivity index (χ3n) is 3.01. The zero-order chi connectivity index (χ0) is 12.5. The van der Waals surface area contributed by atoms with E-state index in [-0.39, 0.29) is 0 Å². The molecule has 1 heterocycles. The van der Waals surface area contributed by atoms with Crippen LogP contribution in [0.1, 0.15) is 24.3 Å². The van der Waals surface area contributed by atoms with E-state index in [1.54, 1.807) is 0 Å². The number of hydrogen-bond donors (Lipinski definition) is 1. The molecule has 0 amide bonds. The molecular formula is C13H14ClN3O. The second-order valence-electron chi connectivity index (χ2n) is 4.59. The molecule has 0 bridgehead atoms. The van der Waals surface area contributed by atoms with E-state index in [1.807, 2.05) is 25.1 Å². The number of halogens is 1. The van der Waals surface area contributed by atoms with Crippen molar-refractivity contribution in [2.24, 2.45) is 0 Å². The maximum atomic E-state index is 6.23. The van der Waals surface area contributed by atoms with Gasteiger partial charge in [-0.2, -0.15) is 0 Å². The lowest BCUT2D eigenvalue weighted by atomic mass is 10.1. The van der Waals surface area contributed by atoms with Crippen molar-refractivity contribution in [3.8, 4) is 11.5 Å². The molecule has 1 fully saturated rings. The van der Waals surface area contributed by atoms with Crippen molar-refractivity contribution < 1.29 is 4.42 Å². The standard InChI is InChI=1S/C13H14ClN3O/c1-8-3-2-4-10(12(8)14)13-17-16-11(18-13)7-15-9-5-6-9/h2-4,9,15H,5-7H2,1H3. The first-order valence-electron chi connectivity index (χ1n) is 6.05. The van der Waals surface area contributed by atoms with E-state index >= 15 is 0 Å². The lowest BCUT2D eigenvalue weighted by molar-refractivity contribution is 0.476. The Bertz CT molecular complexity index is 563.